The van der Waals surface area contributed by atoms with Gasteiger partial charge in [-0.3, -0.25) is 14.4 Å². The number of rotatable bonds is 5. The molecule has 0 saturated carbocycles. The summed E-state index contributed by atoms with van der Waals surface area (Å²) in [5, 5.41) is 10.9. The molecule has 0 spiro atoms. The van der Waals surface area contributed by atoms with E-state index in [2.05, 4.69) is 5.32 Å². The van der Waals surface area contributed by atoms with Crippen LogP contribution in [0.25, 0.3) is 0 Å². The van der Waals surface area contributed by atoms with Gasteiger partial charge < -0.3 is 10.1 Å². The van der Waals surface area contributed by atoms with Crippen molar-refractivity contribution in [3.63, 3.8) is 0 Å². The molecule has 3 rings (SSSR count). The Bertz CT molecular complexity index is 1000. The first-order valence-corrected chi connectivity index (χ1v) is 8.16. The summed E-state index contributed by atoms with van der Waals surface area (Å²) in [5.41, 5.74) is 0.565. The second kappa shape index (κ2) is 7.62. The van der Waals surface area contributed by atoms with E-state index in [-0.39, 0.29) is 46.6 Å². The smallest absolute Gasteiger partial charge is 0.339 e. The molecule has 0 heterocycles. The zero-order valence-electron chi connectivity index (χ0n) is 14.2. The molecule has 7 heteroatoms. The highest BCUT2D eigenvalue weighted by atomic mass is 16.5. The van der Waals surface area contributed by atoms with Gasteiger partial charge in [0.15, 0.2) is 18.2 Å². The molecule has 1 aliphatic carbocycles. The van der Waals surface area contributed by atoms with Crippen LogP contribution < -0.4 is 5.32 Å². The molecule has 0 bridgehead atoms. The van der Waals surface area contributed by atoms with Crippen molar-refractivity contribution in [3.05, 3.63) is 70.3 Å². The lowest BCUT2D eigenvalue weighted by molar-refractivity contribution is -0.124. The van der Waals surface area contributed by atoms with Crippen molar-refractivity contribution in [1.29, 1.82) is 5.26 Å². The van der Waals surface area contributed by atoms with E-state index >= 15 is 0 Å². The lowest BCUT2D eigenvalue weighted by Gasteiger charge is -2.19. The van der Waals surface area contributed by atoms with Crippen molar-refractivity contribution in [2.75, 3.05) is 13.2 Å². The molecular formula is C20H14N2O5. The SMILES string of the molecule is N#CCCNC(=O)COC(=O)c1cccc2c1C(=O)c1ccccc1C2=O. The minimum atomic E-state index is -0.872. The van der Waals surface area contributed by atoms with E-state index < -0.39 is 24.3 Å². The summed E-state index contributed by atoms with van der Waals surface area (Å²) in [6, 6.07) is 12.6. The number of carbonyl (C=O) groups is 4. The molecule has 0 radical (unpaired) electrons. The molecule has 7 nitrogen and oxygen atoms in total. The lowest BCUT2D eigenvalue weighted by Crippen LogP contribution is -2.30. The Kier molecular flexibility index (Phi) is 5.08. The molecule has 2 aromatic rings. The van der Waals surface area contributed by atoms with E-state index in [1.807, 2.05) is 6.07 Å². The number of esters is 1. The van der Waals surface area contributed by atoms with Gasteiger partial charge in [0.1, 0.15) is 0 Å². The number of hydrogen-bond acceptors (Lipinski definition) is 6. The molecule has 0 aromatic heterocycles. The number of carbonyl (C=O) groups excluding carboxylic acids is 4. The maximum absolute atomic E-state index is 12.8. The number of nitriles is 1. The first kappa shape index (κ1) is 18.0. The Labute approximate surface area is 154 Å². The Morgan fingerprint density at radius 2 is 1.63 bits per heavy atom. The van der Waals surface area contributed by atoms with Gasteiger partial charge in [0.25, 0.3) is 5.91 Å². The third-order valence-corrected chi connectivity index (χ3v) is 4.07. The molecule has 1 aliphatic rings. The van der Waals surface area contributed by atoms with Crippen molar-refractivity contribution >= 4 is 23.4 Å². The monoisotopic (exact) mass is 362 g/mol. The zero-order valence-corrected chi connectivity index (χ0v) is 14.2. The summed E-state index contributed by atoms with van der Waals surface area (Å²) in [4.78, 5) is 49.5. The number of nitrogens with zero attached hydrogens (tertiary/aromatic N) is 1. The van der Waals surface area contributed by atoms with Gasteiger partial charge in [0.2, 0.25) is 0 Å². The number of fused-ring (bicyclic) bond motifs is 2. The van der Waals surface area contributed by atoms with Gasteiger partial charge in [-0.05, 0) is 6.07 Å². The van der Waals surface area contributed by atoms with Crippen LogP contribution in [-0.2, 0) is 9.53 Å². The second-order valence-corrected chi connectivity index (χ2v) is 5.77. The van der Waals surface area contributed by atoms with Gasteiger partial charge in [0.05, 0.1) is 18.1 Å². The van der Waals surface area contributed by atoms with E-state index in [0.29, 0.717) is 0 Å². The molecule has 0 fully saturated rings. The zero-order chi connectivity index (χ0) is 19.4. The van der Waals surface area contributed by atoms with Gasteiger partial charge >= 0.3 is 5.97 Å². The number of benzene rings is 2. The first-order chi connectivity index (χ1) is 13.0. The van der Waals surface area contributed by atoms with Crippen molar-refractivity contribution in [3.8, 4) is 6.07 Å². The topological polar surface area (TPSA) is 113 Å². The fourth-order valence-electron chi connectivity index (χ4n) is 2.83. The van der Waals surface area contributed by atoms with Crippen LogP contribution in [0, 0.1) is 11.3 Å². The molecule has 1 N–H and O–H groups in total. The van der Waals surface area contributed by atoms with E-state index in [0.717, 1.165) is 0 Å². The molecule has 0 saturated heterocycles. The van der Waals surface area contributed by atoms with Crippen molar-refractivity contribution in [1.82, 2.24) is 5.32 Å². The highest BCUT2D eigenvalue weighted by Crippen LogP contribution is 2.29. The quantitative estimate of drug-likeness (QED) is 0.545. The van der Waals surface area contributed by atoms with E-state index in [9.17, 15) is 19.2 Å². The van der Waals surface area contributed by atoms with Crippen LogP contribution in [0.1, 0.15) is 48.6 Å². The third-order valence-electron chi connectivity index (χ3n) is 4.07. The van der Waals surface area contributed by atoms with Gasteiger partial charge in [-0.2, -0.15) is 5.26 Å². The van der Waals surface area contributed by atoms with Crippen LogP contribution in [0.15, 0.2) is 42.5 Å². The molecule has 2 aromatic carbocycles. The Balaban J connectivity index is 1.84. The van der Waals surface area contributed by atoms with E-state index in [4.69, 9.17) is 10.00 Å². The van der Waals surface area contributed by atoms with Crippen molar-refractivity contribution < 1.29 is 23.9 Å². The predicted octanol–water partition coefficient (Wildman–Crippen LogP) is 1.65. The largest absolute Gasteiger partial charge is 0.452 e. The van der Waals surface area contributed by atoms with Crippen LogP contribution in [0.5, 0.6) is 0 Å². The fraction of sp³-hybridized carbons (Fsp3) is 0.150. The molecule has 0 unspecified atom stereocenters. The molecule has 27 heavy (non-hydrogen) atoms. The van der Waals surface area contributed by atoms with E-state index in [1.54, 1.807) is 18.2 Å². The highest BCUT2D eigenvalue weighted by molar-refractivity contribution is 6.30. The van der Waals surface area contributed by atoms with Gasteiger partial charge in [-0.15, -0.1) is 0 Å². The summed E-state index contributed by atoms with van der Waals surface area (Å²) in [6.45, 7) is -0.399. The second-order valence-electron chi connectivity index (χ2n) is 5.77. The first-order valence-electron chi connectivity index (χ1n) is 8.16. The fourth-order valence-corrected chi connectivity index (χ4v) is 2.83. The van der Waals surface area contributed by atoms with Gasteiger partial charge in [-0.25, -0.2) is 4.79 Å². The van der Waals surface area contributed by atoms with E-state index in [1.165, 1.54) is 24.3 Å². The number of hydrogen-bond donors (Lipinski definition) is 1. The third kappa shape index (κ3) is 3.46. The van der Waals surface area contributed by atoms with Crippen molar-refractivity contribution in [2.24, 2.45) is 0 Å². The standard InChI is InChI=1S/C20H14N2O5/c21-9-4-10-22-16(23)11-27-20(26)15-8-3-7-14-17(15)19(25)13-6-2-1-5-12(13)18(14)24/h1-3,5-8H,4,10-11H2,(H,22,23). The maximum atomic E-state index is 12.8. The highest BCUT2D eigenvalue weighted by Gasteiger charge is 2.33. The molecule has 134 valence electrons. The number of ether oxygens (including phenoxy) is 1. The number of nitrogens with one attached hydrogen (secondary N) is 1. The number of amides is 1. The maximum Gasteiger partial charge on any atom is 0.339 e. The number of ketones is 2. The Morgan fingerprint density at radius 1 is 0.963 bits per heavy atom. The van der Waals surface area contributed by atoms with Crippen LogP contribution in [0.2, 0.25) is 0 Å². The van der Waals surface area contributed by atoms with Crippen LogP contribution >= 0.6 is 0 Å². The van der Waals surface area contributed by atoms with Crippen LogP contribution in [0.4, 0.5) is 0 Å². The minimum absolute atomic E-state index is 0.0175. The van der Waals surface area contributed by atoms with Gasteiger partial charge in [0, 0.05) is 28.8 Å². The predicted molar refractivity (Wildman–Crippen MR) is 93.3 cm³/mol. The summed E-state index contributed by atoms with van der Waals surface area (Å²) in [5.74, 6) is -2.21. The summed E-state index contributed by atoms with van der Waals surface area (Å²) >= 11 is 0. The lowest BCUT2D eigenvalue weighted by atomic mass is 9.82. The minimum Gasteiger partial charge on any atom is -0.452 e. The summed E-state index contributed by atoms with van der Waals surface area (Å²) < 4.78 is 4.96. The molecule has 1 amide bonds. The molecule has 0 atom stereocenters. The summed E-state index contributed by atoms with van der Waals surface area (Å²) in [7, 11) is 0. The van der Waals surface area contributed by atoms with Crippen LogP contribution in [-0.4, -0.2) is 36.6 Å². The van der Waals surface area contributed by atoms with Gasteiger partial charge in [-0.1, -0.05) is 36.4 Å². The average Bonchev–Trinajstić information content (AvgIpc) is 2.70. The van der Waals surface area contributed by atoms with Crippen molar-refractivity contribution in [2.45, 2.75) is 6.42 Å². The van der Waals surface area contributed by atoms with Crippen LogP contribution in [0.3, 0.4) is 0 Å². The Hall–Kier alpha value is -3.79. The normalized spacial score (nSPS) is 11.8. The summed E-state index contributed by atoms with van der Waals surface area (Å²) in [6.07, 6.45) is 0.141. The Morgan fingerprint density at radius 3 is 2.33 bits per heavy atom. The molecule has 0 aliphatic heterocycles. The average molecular weight is 362 g/mol. The molecular weight excluding hydrogens is 348 g/mol.